The minimum Gasteiger partial charge on any atom is -0.380 e. The highest BCUT2D eigenvalue weighted by Gasteiger charge is 2.13. The predicted molar refractivity (Wildman–Crippen MR) is 110 cm³/mol. The molecule has 5 aromatic rings. The molecule has 3 heterocycles. The van der Waals surface area contributed by atoms with Crippen molar-refractivity contribution < 1.29 is 4.74 Å². The van der Waals surface area contributed by atoms with Gasteiger partial charge in [0.15, 0.2) is 0 Å². The molecule has 0 radical (unpaired) electrons. The van der Waals surface area contributed by atoms with Crippen LogP contribution < -0.4 is 0 Å². The molecule has 0 aliphatic rings. The van der Waals surface area contributed by atoms with Gasteiger partial charge in [0.2, 0.25) is 0 Å². The number of hydrogen-bond acceptors (Lipinski definition) is 2. The average Bonchev–Trinajstić information content (AvgIpc) is 3.32. The van der Waals surface area contributed by atoms with Gasteiger partial charge in [0, 0.05) is 47.1 Å². The van der Waals surface area contributed by atoms with Crippen molar-refractivity contribution in [2.45, 2.75) is 6.61 Å². The minimum atomic E-state index is 0.604. The SMILES string of the molecule is COCc1ccc2[nH]cc(-c3cc4c(-c5ccccc5)ccnc4[nH]3)c2c1. The summed E-state index contributed by atoms with van der Waals surface area (Å²) in [4.78, 5) is 11.4. The molecule has 0 bridgehead atoms. The lowest BCUT2D eigenvalue weighted by atomic mass is 10.0. The zero-order valence-electron chi connectivity index (χ0n) is 15.0. The predicted octanol–water partition coefficient (Wildman–Crippen LogP) is 5.52. The van der Waals surface area contributed by atoms with Gasteiger partial charge < -0.3 is 14.7 Å². The van der Waals surface area contributed by atoms with Crippen LogP contribution in [0.5, 0.6) is 0 Å². The van der Waals surface area contributed by atoms with Crippen molar-refractivity contribution in [3.8, 4) is 22.4 Å². The number of nitrogens with one attached hydrogen (secondary N) is 2. The van der Waals surface area contributed by atoms with E-state index in [9.17, 15) is 0 Å². The van der Waals surface area contributed by atoms with Crippen LogP contribution >= 0.6 is 0 Å². The number of benzene rings is 2. The second-order valence-electron chi connectivity index (χ2n) is 6.69. The third kappa shape index (κ3) is 2.71. The van der Waals surface area contributed by atoms with Gasteiger partial charge in [0.05, 0.1) is 6.61 Å². The first-order chi connectivity index (χ1) is 13.3. The highest BCUT2D eigenvalue weighted by atomic mass is 16.5. The first-order valence-electron chi connectivity index (χ1n) is 8.96. The van der Waals surface area contributed by atoms with Crippen molar-refractivity contribution >= 4 is 21.9 Å². The maximum Gasteiger partial charge on any atom is 0.138 e. The number of ether oxygens (including phenoxy) is 1. The van der Waals surface area contributed by atoms with Crippen LogP contribution in [0.25, 0.3) is 44.3 Å². The van der Waals surface area contributed by atoms with Gasteiger partial charge in [-0.2, -0.15) is 0 Å². The Hall–Kier alpha value is -3.37. The van der Waals surface area contributed by atoms with Crippen molar-refractivity contribution in [1.82, 2.24) is 15.0 Å². The molecule has 4 nitrogen and oxygen atoms in total. The Kier molecular flexibility index (Phi) is 3.77. The molecule has 132 valence electrons. The van der Waals surface area contributed by atoms with Crippen molar-refractivity contribution in [2.24, 2.45) is 0 Å². The van der Waals surface area contributed by atoms with Gasteiger partial charge in [0.1, 0.15) is 5.65 Å². The van der Waals surface area contributed by atoms with Crippen LogP contribution in [0.2, 0.25) is 0 Å². The van der Waals surface area contributed by atoms with E-state index in [4.69, 9.17) is 4.74 Å². The first kappa shape index (κ1) is 15.9. The number of rotatable bonds is 4. The fourth-order valence-corrected chi connectivity index (χ4v) is 3.69. The van der Waals surface area contributed by atoms with E-state index in [1.54, 1.807) is 7.11 Å². The quantitative estimate of drug-likeness (QED) is 0.447. The minimum absolute atomic E-state index is 0.604. The summed E-state index contributed by atoms with van der Waals surface area (Å²) in [6, 6.07) is 21.1. The summed E-state index contributed by atoms with van der Waals surface area (Å²) >= 11 is 0. The second-order valence-corrected chi connectivity index (χ2v) is 6.69. The maximum atomic E-state index is 5.28. The molecule has 5 rings (SSSR count). The van der Waals surface area contributed by atoms with Crippen LogP contribution in [-0.2, 0) is 11.3 Å². The summed E-state index contributed by atoms with van der Waals surface area (Å²) in [7, 11) is 1.72. The molecule has 0 amide bonds. The Balaban J connectivity index is 1.68. The number of fused-ring (bicyclic) bond motifs is 2. The highest BCUT2D eigenvalue weighted by Crippen LogP contribution is 2.34. The van der Waals surface area contributed by atoms with E-state index in [-0.39, 0.29) is 0 Å². The number of aromatic amines is 2. The molecule has 0 spiro atoms. The van der Waals surface area contributed by atoms with Crippen molar-refractivity contribution in [2.75, 3.05) is 7.11 Å². The van der Waals surface area contributed by atoms with E-state index >= 15 is 0 Å². The molecule has 0 fully saturated rings. The molecule has 0 saturated carbocycles. The molecule has 27 heavy (non-hydrogen) atoms. The molecule has 0 saturated heterocycles. The van der Waals surface area contributed by atoms with Crippen molar-refractivity contribution in [1.29, 1.82) is 0 Å². The summed E-state index contributed by atoms with van der Waals surface area (Å²) in [6.07, 6.45) is 3.91. The van der Waals surface area contributed by atoms with E-state index < -0.39 is 0 Å². The number of aromatic nitrogens is 3. The third-order valence-electron chi connectivity index (χ3n) is 4.96. The molecule has 3 aromatic heterocycles. The molecular weight excluding hydrogens is 334 g/mol. The monoisotopic (exact) mass is 353 g/mol. The first-order valence-corrected chi connectivity index (χ1v) is 8.96. The summed E-state index contributed by atoms with van der Waals surface area (Å²) in [5.41, 5.74) is 7.74. The van der Waals surface area contributed by atoms with Gasteiger partial charge in [-0.25, -0.2) is 4.98 Å². The molecule has 2 N–H and O–H groups in total. The van der Waals surface area contributed by atoms with Gasteiger partial charge in [0.25, 0.3) is 0 Å². The number of pyridine rings is 1. The normalized spacial score (nSPS) is 11.4. The van der Waals surface area contributed by atoms with Crippen LogP contribution in [0.1, 0.15) is 5.56 Å². The molecule has 4 heteroatoms. The van der Waals surface area contributed by atoms with Crippen LogP contribution in [-0.4, -0.2) is 22.1 Å². The Labute approximate surface area is 156 Å². The van der Waals surface area contributed by atoms with Crippen molar-refractivity contribution in [3.05, 3.63) is 78.6 Å². The van der Waals surface area contributed by atoms with E-state index in [1.807, 2.05) is 18.5 Å². The average molecular weight is 353 g/mol. The van der Waals surface area contributed by atoms with Crippen LogP contribution in [0.4, 0.5) is 0 Å². The molecule has 0 aliphatic carbocycles. The Morgan fingerprint density at radius 2 is 1.81 bits per heavy atom. The van der Waals surface area contributed by atoms with E-state index in [2.05, 4.69) is 69.5 Å². The van der Waals surface area contributed by atoms with Gasteiger partial charge in [-0.15, -0.1) is 0 Å². The zero-order valence-corrected chi connectivity index (χ0v) is 15.0. The zero-order chi connectivity index (χ0) is 18.2. The standard InChI is InChI=1S/C23H19N3O/c1-27-14-15-7-8-21-18(11-15)20(13-25-21)22-12-19-17(9-10-24-23(19)26-22)16-5-3-2-4-6-16/h2-13,25H,14H2,1H3,(H,24,26). The van der Waals surface area contributed by atoms with Gasteiger partial charge >= 0.3 is 0 Å². The van der Waals surface area contributed by atoms with Gasteiger partial charge in [-0.1, -0.05) is 36.4 Å². The number of hydrogen-bond donors (Lipinski definition) is 2. The summed E-state index contributed by atoms with van der Waals surface area (Å²) in [5, 5.41) is 2.30. The number of methoxy groups -OCH3 is 1. The maximum absolute atomic E-state index is 5.28. The molecule has 2 aromatic carbocycles. The largest absolute Gasteiger partial charge is 0.380 e. The second kappa shape index (κ2) is 6.41. The number of H-pyrrole nitrogens is 2. The Morgan fingerprint density at radius 3 is 2.67 bits per heavy atom. The van der Waals surface area contributed by atoms with Crippen LogP contribution in [0.15, 0.2) is 73.1 Å². The van der Waals surface area contributed by atoms with E-state index in [0.29, 0.717) is 6.61 Å². The molecule has 0 unspecified atom stereocenters. The lowest BCUT2D eigenvalue weighted by Gasteiger charge is -2.02. The van der Waals surface area contributed by atoms with Crippen LogP contribution in [0.3, 0.4) is 0 Å². The van der Waals surface area contributed by atoms with Gasteiger partial charge in [-0.05, 0) is 41.0 Å². The fraction of sp³-hybridized carbons (Fsp3) is 0.0870. The molecular formula is C23H19N3O. The highest BCUT2D eigenvalue weighted by molar-refractivity contribution is 6.01. The van der Waals surface area contributed by atoms with Crippen LogP contribution in [0, 0.1) is 0 Å². The third-order valence-corrected chi connectivity index (χ3v) is 4.96. The molecule has 0 atom stereocenters. The summed E-state index contributed by atoms with van der Waals surface area (Å²) in [6.45, 7) is 0.604. The van der Waals surface area contributed by atoms with E-state index in [0.717, 1.165) is 33.4 Å². The van der Waals surface area contributed by atoms with E-state index in [1.165, 1.54) is 16.5 Å². The van der Waals surface area contributed by atoms with Crippen molar-refractivity contribution in [3.63, 3.8) is 0 Å². The Bertz CT molecular complexity index is 1230. The number of nitrogens with zero attached hydrogens (tertiary/aromatic N) is 1. The van der Waals surface area contributed by atoms with Gasteiger partial charge in [-0.3, -0.25) is 0 Å². The fourth-order valence-electron chi connectivity index (χ4n) is 3.69. The summed E-state index contributed by atoms with van der Waals surface area (Å²) in [5.74, 6) is 0. The summed E-state index contributed by atoms with van der Waals surface area (Å²) < 4.78 is 5.28. The lowest BCUT2D eigenvalue weighted by molar-refractivity contribution is 0.185. The molecule has 0 aliphatic heterocycles. The Morgan fingerprint density at radius 1 is 0.926 bits per heavy atom. The smallest absolute Gasteiger partial charge is 0.138 e. The lowest BCUT2D eigenvalue weighted by Crippen LogP contribution is -1.86. The topological polar surface area (TPSA) is 53.7 Å².